The number of ether oxygens (including phenoxy) is 1. The van der Waals surface area contributed by atoms with E-state index in [4.69, 9.17) is 0 Å². The van der Waals surface area contributed by atoms with E-state index in [-0.39, 0.29) is 5.92 Å². The van der Waals surface area contributed by atoms with E-state index in [2.05, 4.69) is 4.74 Å². The van der Waals surface area contributed by atoms with Crippen LogP contribution in [0, 0.1) is 5.92 Å². The van der Waals surface area contributed by atoms with Crippen molar-refractivity contribution in [2.75, 3.05) is 6.61 Å². The molecular weight excluding hydrogens is 228 g/mol. The first-order chi connectivity index (χ1) is 8.63. The SMILES string of the molecule is CC(C)C(=O)CCc1ccc(CCOC=O)cc1. The Balaban J connectivity index is 2.40. The zero-order chi connectivity index (χ0) is 13.4. The van der Waals surface area contributed by atoms with Gasteiger partial charge in [-0.3, -0.25) is 9.59 Å². The molecule has 0 saturated heterocycles. The lowest BCUT2D eigenvalue weighted by Gasteiger charge is -2.05. The molecule has 0 fully saturated rings. The molecular formula is C15H20O3. The summed E-state index contributed by atoms with van der Waals surface area (Å²) in [7, 11) is 0. The van der Waals surface area contributed by atoms with Crippen molar-refractivity contribution >= 4 is 12.3 Å². The Morgan fingerprint density at radius 2 is 1.72 bits per heavy atom. The van der Waals surface area contributed by atoms with Crippen LogP contribution < -0.4 is 0 Å². The molecule has 0 saturated carbocycles. The lowest BCUT2D eigenvalue weighted by molar-refractivity contribution is -0.128. The summed E-state index contributed by atoms with van der Waals surface area (Å²) in [5.41, 5.74) is 2.31. The number of hydrogen-bond acceptors (Lipinski definition) is 3. The van der Waals surface area contributed by atoms with Gasteiger partial charge in [0, 0.05) is 18.8 Å². The van der Waals surface area contributed by atoms with E-state index in [1.807, 2.05) is 38.1 Å². The number of rotatable bonds is 8. The van der Waals surface area contributed by atoms with Crippen LogP contribution in [0.2, 0.25) is 0 Å². The molecule has 0 bridgehead atoms. The summed E-state index contributed by atoms with van der Waals surface area (Å²) in [6.45, 7) is 4.73. The normalized spacial score (nSPS) is 10.4. The van der Waals surface area contributed by atoms with Gasteiger partial charge in [0.25, 0.3) is 6.47 Å². The molecule has 0 spiro atoms. The van der Waals surface area contributed by atoms with Crippen molar-refractivity contribution in [2.24, 2.45) is 5.92 Å². The highest BCUT2D eigenvalue weighted by Gasteiger charge is 2.06. The Hall–Kier alpha value is -1.64. The third kappa shape index (κ3) is 5.13. The molecule has 0 aliphatic heterocycles. The Bertz CT molecular complexity index is 379. The number of aryl methyl sites for hydroxylation is 1. The maximum absolute atomic E-state index is 11.5. The zero-order valence-electron chi connectivity index (χ0n) is 11.0. The van der Waals surface area contributed by atoms with E-state index in [9.17, 15) is 9.59 Å². The Morgan fingerprint density at radius 3 is 2.22 bits per heavy atom. The fraction of sp³-hybridized carbons (Fsp3) is 0.467. The molecule has 0 atom stereocenters. The third-order valence-corrected chi connectivity index (χ3v) is 2.90. The third-order valence-electron chi connectivity index (χ3n) is 2.90. The van der Waals surface area contributed by atoms with Gasteiger partial charge in [0.2, 0.25) is 0 Å². The molecule has 0 heterocycles. The van der Waals surface area contributed by atoms with Gasteiger partial charge in [-0.15, -0.1) is 0 Å². The van der Waals surface area contributed by atoms with Crippen LogP contribution in [-0.4, -0.2) is 18.9 Å². The van der Waals surface area contributed by atoms with Crippen LogP contribution in [0.15, 0.2) is 24.3 Å². The molecule has 0 radical (unpaired) electrons. The molecule has 98 valence electrons. The topological polar surface area (TPSA) is 43.4 Å². The summed E-state index contributed by atoms with van der Waals surface area (Å²) in [5, 5.41) is 0. The first-order valence-corrected chi connectivity index (χ1v) is 6.29. The maximum atomic E-state index is 11.5. The Kier molecular flexibility index (Phi) is 6.12. The molecule has 0 amide bonds. The summed E-state index contributed by atoms with van der Waals surface area (Å²) in [6.07, 6.45) is 2.12. The number of ketones is 1. The lowest BCUT2D eigenvalue weighted by atomic mass is 10.00. The second kappa shape index (κ2) is 7.64. The fourth-order valence-corrected chi connectivity index (χ4v) is 1.65. The minimum atomic E-state index is 0.116. The minimum Gasteiger partial charge on any atom is -0.468 e. The number of carbonyl (C=O) groups is 2. The van der Waals surface area contributed by atoms with Gasteiger partial charge in [0.1, 0.15) is 5.78 Å². The average molecular weight is 248 g/mol. The first-order valence-electron chi connectivity index (χ1n) is 6.29. The monoisotopic (exact) mass is 248 g/mol. The smallest absolute Gasteiger partial charge is 0.293 e. The van der Waals surface area contributed by atoms with Gasteiger partial charge >= 0.3 is 0 Å². The largest absolute Gasteiger partial charge is 0.468 e. The fourth-order valence-electron chi connectivity index (χ4n) is 1.65. The molecule has 3 heteroatoms. The van der Waals surface area contributed by atoms with Crippen LogP contribution >= 0.6 is 0 Å². The predicted molar refractivity (Wildman–Crippen MR) is 70.3 cm³/mol. The second-order valence-electron chi connectivity index (χ2n) is 4.65. The van der Waals surface area contributed by atoms with Crippen LogP contribution in [-0.2, 0) is 27.2 Å². The van der Waals surface area contributed by atoms with Crippen LogP contribution in [0.4, 0.5) is 0 Å². The number of hydrogen-bond donors (Lipinski definition) is 0. The molecule has 1 rings (SSSR count). The van der Waals surface area contributed by atoms with Crippen LogP contribution in [0.5, 0.6) is 0 Å². The Labute approximate surface area is 108 Å². The van der Waals surface area contributed by atoms with E-state index >= 15 is 0 Å². The van der Waals surface area contributed by atoms with Gasteiger partial charge < -0.3 is 4.74 Å². The molecule has 0 N–H and O–H groups in total. The maximum Gasteiger partial charge on any atom is 0.293 e. The molecule has 0 aliphatic rings. The summed E-state index contributed by atoms with van der Waals surface area (Å²) < 4.78 is 4.65. The van der Waals surface area contributed by atoms with Gasteiger partial charge in [0.15, 0.2) is 0 Å². The van der Waals surface area contributed by atoms with Crippen molar-refractivity contribution in [3.8, 4) is 0 Å². The van der Waals surface area contributed by atoms with Gasteiger partial charge in [-0.05, 0) is 17.5 Å². The number of benzene rings is 1. The molecule has 1 aromatic carbocycles. The van der Waals surface area contributed by atoms with Crippen molar-refractivity contribution in [1.29, 1.82) is 0 Å². The minimum absolute atomic E-state index is 0.116. The summed E-state index contributed by atoms with van der Waals surface area (Å²) in [4.78, 5) is 21.5. The first kappa shape index (κ1) is 14.4. The van der Waals surface area contributed by atoms with E-state index < -0.39 is 0 Å². The molecule has 0 unspecified atom stereocenters. The summed E-state index contributed by atoms with van der Waals surface area (Å²) in [5.74, 6) is 0.420. The number of carbonyl (C=O) groups excluding carboxylic acids is 2. The predicted octanol–water partition coefficient (Wildman–Crippen LogP) is 2.56. The highest BCUT2D eigenvalue weighted by atomic mass is 16.5. The van der Waals surface area contributed by atoms with Gasteiger partial charge in [-0.25, -0.2) is 0 Å². The van der Waals surface area contributed by atoms with Crippen molar-refractivity contribution in [3.63, 3.8) is 0 Å². The Morgan fingerprint density at radius 1 is 1.17 bits per heavy atom. The van der Waals surface area contributed by atoms with Crippen LogP contribution in [0.25, 0.3) is 0 Å². The highest BCUT2D eigenvalue weighted by molar-refractivity contribution is 5.80. The van der Waals surface area contributed by atoms with Crippen LogP contribution in [0.1, 0.15) is 31.4 Å². The highest BCUT2D eigenvalue weighted by Crippen LogP contribution is 2.09. The van der Waals surface area contributed by atoms with Crippen molar-refractivity contribution < 1.29 is 14.3 Å². The summed E-state index contributed by atoms with van der Waals surface area (Å²) >= 11 is 0. The summed E-state index contributed by atoms with van der Waals surface area (Å²) in [6, 6.07) is 8.10. The second-order valence-corrected chi connectivity index (χ2v) is 4.65. The van der Waals surface area contributed by atoms with Gasteiger partial charge in [-0.2, -0.15) is 0 Å². The van der Waals surface area contributed by atoms with Gasteiger partial charge in [0.05, 0.1) is 6.61 Å². The van der Waals surface area contributed by atoms with Crippen LogP contribution in [0.3, 0.4) is 0 Å². The molecule has 1 aromatic rings. The van der Waals surface area contributed by atoms with Crippen molar-refractivity contribution in [1.82, 2.24) is 0 Å². The van der Waals surface area contributed by atoms with Crippen molar-refractivity contribution in [3.05, 3.63) is 35.4 Å². The van der Waals surface area contributed by atoms with E-state index in [1.54, 1.807) is 0 Å². The standard InChI is InChI=1S/C15H20O3/c1-12(2)15(17)8-7-13-3-5-14(6-4-13)9-10-18-11-16/h3-6,11-12H,7-10H2,1-2H3. The molecule has 0 aromatic heterocycles. The van der Waals surface area contributed by atoms with Gasteiger partial charge in [-0.1, -0.05) is 38.1 Å². The molecule has 0 aliphatic carbocycles. The average Bonchev–Trinajstić information content (AvgIpc) is 2.37. The molecule has 18 heavy (non-hydrogen) atoms. The van der Waals surface area contributed by atoms with E-state index in [0.29, 0.717) is 25.3 Å². The van der Waals surface area contributed by atoms with E-state index in [0.717, 1.165) is 18.4 Å². The zero-order valence-corrected chi connectivity index (χ0v) is 11.0. The van der Waals surface area contributed by atoms with Crippen molar-refractivity contribution in [2.45, 2.75) is 33.1 Å². The quantitative estimate of drug-likeness (QED) is 0.524. The molecule has 3 nitrogen and oxygen atoms in total. The lowest BCUT2D eigenvalue weighted by Crippen LogP contribution is -2.07. The number of Topliss-reactive ketones (excluding diaryl/α,β-unsaturated/α-hetero) is 1. The van der Waals surface area contributed by atoms with E-state index in [1.165, 1.54) is 5.56 Å².